The fraction of sp³-hybridized carbons (Fsp3) is 0.417. The van der Waals surface area contributed by atoms with Gasteiger partial charge in [-0.2, -0.15) is 0 Å². The molecular formula is C24H25NO4. The molecule has 3 N–H and O–H groups in total. The first-order valence-corrected chi connectivity index (χ1v) is 10.5. The van der Waals surface area contributed by atoms with Gasteiger partial charge in [0.2, 0.25) is 5.91 Å². The van der Waals surface area contributed by atoms with Gasteiger partial charge in [-0.3, -0.25) is 9.59 Å². The van der Waals surface area contributed by atoms with E-state index in [9.17, 15) is 19.8 Å². The fourth-order valence-electron chi connectivity index (χ4n) is 5.90. The third-order valence-corrected chi connectivity index (χ3v) is 7.10. The highest BCUT2D eigenvalue weighted by molar-refractivity contribution is 5.90. The Morgan fingerprint density at radius 3 is 2.00 bits per heavy atom. The van der Waals surface area contributed by atoms with Gasteiger partial charge in [0.1, 0.15) is 11.5 Å². The number of hydrogen-bond donors (Lipinski definition) is 3. The van der Waals surface area contributed by atoms with Crippen LogP contribution >= 0.6 is 0 Å². The maximum atomic E-state index is 13.4. The minimum absolute atomic E-state index is 0.0891. The van der Waals surface area contributed by atoms with Gasteiger partial charge >= 0.3 is 5.97 Å². The molecule has 6 rings (SSSR count). The van der Waals surface area contributed by atoms with E-state index in [4.69, 9.17) is 0 Å². The average Bonchev–Trinajstić information content (AvgIpc) is 2.74. The van der Waals surface area contributed by atoms with Crippen molar-refractivity contribution in [3.8, 4) is 0 Å². The summed E-state index contributed by atoms with van der Waals surface area (Å²) in [4.78, 5) is 25.9. The number of carbonyl (C=O) groups is 2. The van der Waals surface area contributed by atoms with E-state index in [1.165, 1.54) is 6.42 Å². The van der Waals surface area contributed by atoms with Crippen LogP contribution in [-0.2, 0) is 15.2 Å². The van der Waals surface area contributed by atoms with Crippen molar-refractivity contribution in [1.82, 2.24) is 5.32 Å². The topological polar surface area (TPSA) is 86.6 Å². The van der Waals surface area contributed by atoms with E-state index in [0.29, 0.717) is 11.1 Å². The predicted octanol–water partition coefficient (Wildman–Crippen LogP) is 3.15. The molecule has 2 unspecified atom stereocenters. The summed E-state index contributed by atoms with van der Waals surface area (Å²) in [5, 5.41) is 25.2. The third kappa shape index (κ3) is 2.57. The maximum Gasteiger partial charge on any atom is 0.311 e. The molecule has 1 amide bonds. The van der Waals surface area contributed by atoms with Gasteiger partial charge in [0.05, 0.1) is 5.92 Å². The summed E-state index contributed by atoms with van der Waals surface area (Å²) in [5.74, 6) is -3.83. The summed E-state index contributed by atoms with van der Waals surface area (Å²) in [6, 6.07) is 14.9. The minimum atomic E-state index is -1.72. The van der Waals surface area contributed by atoms with E-state index >= 15 is 0 Å². The molecule has 150 valence electrons. The fourth-order valence-corrected chi connectivity index (χ4v) is 5.90. The lowest BCUT2D eigenvalue weighted by Crippen LogP contribution is -2.59. The van der Waals surface area contributed by atoms with Crippen LogP contribution in [0, 0.1) is 11.8 Å². The van der Waals surface area contributed by atoms with Crippen LogP contribution in [-0.4, -0.2) is 28.1 Å². The SMILES string of the molecule is O=C(NC1CCCCC1)C1C2c3ccccc3C(O)(c3ccccc32)C1C(=O)O. The Labute approximate surface area is 169 Å². The number of aliphatic hydroxyl groups is 1. The molecule has 1 saturated carbocycles. The van der Waals surface area contributed by atoms with Gasteiger partial charge in [-0.25, -0.2) is 0 Å². The average molecular weight is 391 g/mol. The van der Waals surface area contributed by atoms with Gasteiger partial charge in [-0.05, 0) is 35.1 Å². The van der Waals surface area contributed by atoms with E-state index in [0.717, 1.165) is 36.8 Å². The first kappa shape index (κ1) is 18.4. The Kier molecular flexibility index (Phi) is 4.24. The van der Waals surface area contributed by atoms with Crippen molar-refractivity contribution in [3.05, 3.63) is 70.8 Å². The first-order valence-electron chi connectivity index (χ1n) is 10.5. The quantitative estimate of drug-likeness (QED) is 0.750. The molecule has 5 nitrogen and oxygen atoms in total. The van der Waals surface area contributed by atoms with Gasteiger partial charge < -0.3 is 15.5 Å². The normalized spacial score (nSPS) is 30.3. The van der Waals surface area contributed by atoms with Crippen LogP contribution in [0.2, 0.25) is 0 Å². The van der Waals surface area contributed by atoms with Gasteiger partial charge in [0.25, 0.3) is 0 Å². The number of rotatable bonds is 3. The van der Waals surface area contributed by atoms with Crippen molar-refractivity contribution >= 4 is 11.9 Å². The standard InChI is InChI=1S/C24H25NO4/c26-22(25-14-8-2-1-3-9-14)20-19-15-10-4-6-12-17(15)24(29,21(20)23(27)28)18-13-7-5-11-16(18)19/h4-7,10-14,19-21,29H,1-3,8-9H2,(H,25,26)(H,27,28). The van der Waals surface area contributed by atoms with E-state index in [1.54, 1.807) is 12.1 Å². The van der Waals surface area contributed by atoms with Crippen molar-refractivity contribution in [2.75, 3.05) is 0 Å². The lowest BCUT2D eigenvalue weighted by atomic mass is 9.51. The van der Waals surface area contributed by atoms with Crippen molar-refractivity contribution in [1.29, 1.82) is 0 Å². The summed E-state index contributed by atoms with van der Waals surface area (Å²) in [6.45, 7) is 0. The van der Waals surface area contributed by atoms with Gasteiger partial charge in [0, 0.05) is 12.0 Å². The van der Waals surface area contributed by atoms with Crippen LogP contribution < -0.4 is 5.32 Å². The lowest BCUT2D eigenvalue weighted by molar-refractivity contribution is -0.162. The number of nitrogens with one attached hydrogen (secondary N) is 1. The second-order valence-corrected chi connectivity index (χ2v) is 8.60. The molecule has 2 atom stereocenters. The first-order chi connectivity index (χ1) is 14.0. The zero-order valence-electron chi connectivity index (χ0n) is 16.2. The van der Waals surface area contributed by atoms with E-state index in [-0.39, 0.29) is 17.9 Å². The number of hydrogen-bond acceptors (Lipinski definition) is 3. The van der Waals surface area contributed by atoms with Gasteiger partial charge in [-0.1, -0.05) is 67.8 Å². The molecule has 2 bridgehead atoms. The number of aliphatic carboxylic acids is 1. The molecule has 0 aliphatic heterocycles. The van der Waals surface area contributed by atoms with E-state index < -0.39 is 23.4 Å². The van der Waals surface area contributed by atoms with Crippen LogP contribution in [0.4, 0.5) is 0 Å². The summed E-state index contributed by atoms with van der Waals surface area (Å²) in [7, 11) is 0. The number of carboxylic acids is 1. The maximum absolute atomic E-state index is 13.4. The molecule has 1 fully saturated rings. The van der Waals surface area contributed by atoms with Crippen molar-refractivity contribution in [3.63, 3.8) is 0 Å². The molecule has 2 aromatic rings. The van der Waals surface area contributed by atoms with Crippen molar-refractivity contribution in [2.24, 2.45) is 11.8 Å². The molecular weight excluding hydrogens is 366 g/mol. The van der Waals surface area contributed by atoms with Crippen LogP contribution in [0.1, 0.15) is 60.3 Å². The van der Waals surface area contributed by atoms with Crippen LogP contribution in [0.3, 0.4) is 0 Å². The molecule has 0 spiro atoms. The number of carbonyl (C=O) groups excluding carboxylic acids is 1. The highest BCUT2D eigenvalue weighted by atomic mass is 16.4. The van der Waals surface area contributed by atoms with Crippen molar-refractivity contribution < 1.29 is 19.8 Å². The second kappa shape index (κ2) is 6.70. The summed E-state index contributed by atoms with van der Waals surface area (Å²) in [5.41, 5.74) is 1.21. The monoisotopic (exact) mass is 391 g/mol. The van der Waals surface area contributed by atoms with Gasteiger partial charge in [0.15, 0.2) is 0 Å². The Hall–Kier alpha value is -2.66. The summed E-state index contributed by atoms with van der Waals surface area (Å²) in [6.07, 6.45) is 5.20. The Bertz CT molecular complexity index is 931. The van der Waals surface area contributed by atoms with Crippen LogP contribution in [0.25, 0.3) is 0 Å². The minimum Gasteiger partial charge on any atom is -0.481 e. The number of amides is 1. The predicted molar refractivity (Wildman–Crippen MR) is 107 cm³/mol. The van der Waals surface area contributed by atoms with Crippen molar-refractivity contribution in [2.45, 2.75) is 49.7 Å². The highest BCUT2D eigenvalue weighted by Crippen LogP contribution is 2.60. The Morgan fingerprint density at radius 1 is 0.897 bits per heavy atom. The smallest absolute Gasteiger partial charge is 0.311 e. The molecule has 4 aliphatic rings. The summed E-state index contributed by atoms with van der Waals surface area (Å²) >= 11 is 0. The molecule has 5 heteroatoms. The van der Waals surface area contributed by atoms with E-state index in [2.05, 4.69) is 5.32 Å². The largest absolute Gasteiger partial charge is 0.481 e. The molecule has 0 radical (unpaired) electrons. The molecule has 0 heterocycles. The number of benzene rings is 2. The van der Waals surface area contributed by atoms with Gasteiger partial charge in [-0.15, -0.1) is 0 Å². The van der Waals surface area contributed by atoms with Crippen LogP contribution in [0.15, 0.2) is 48.5 Å². The molecule has 29 heavy (non-hydrogen) atoms. The summed E-state index contributed by atoms with van der Waals surface area (Å²) < 4.78 is 0. The highest BCUT2D eigenvalue weighted by Gasteiger charge is 2.63. The molecule has 4 aliphatic carbocycles. The Balaban J connectivity index is 1.66. The zero-order valence-corrected chi connectivity index (χ0v) is 16.2. The van der Waals surface area contributed by atoms with E-state index in [1.807, 2.05) is 36.4 Å². The second-order valence-electron chi connectivity index (χ2n) is 8.60. The molecule has 2 aromatic carbocycles. The zero-order chi connectivity index (χ0) is 20.2. The number of fused-ring (bicyclic) bond motifs is 1. The molecule has 0 aromatic heterocycles. The molecule has 0 saturated heterocycles. The third-order valence-electron chi connectivity index (χ3n) is 7.10. The van der Waals surface area contributed by atoms with Crippen LogP contribution in [0.5, 0.6) is 0 Å². The Morgan fingerprint density at radius 2 is 1.45 bits per heavy atom. The number of carboxylic acid groups (broad SMARTS) is 1. The lowest BCUT2D eigenvalue weighted by Gasteiger charge is -2.53.